The first kappa shape index (κ1) is 21.3. The van der Waals surface area contributed by atoms with E-state index in [9.17, 15) is 9.59 Å². The lowest BCUT2D eigenvalue weighted by Gasteiger charge is -2.34. The Kier molecular flexibility index (Phi) is 7.25. The number of rotatable bonds is 7. The molecule has 1 fully saturated rings. The summed E-state index contributed by atoms with van der Waals surface area (Å²) in [6.45, 7) is 5.89. The molecule has 0 saturated carbocycles. The number of amides is 1. The van der Waals surface area contributed by atoms with E-state index in [1.807, 2.05) is 24.3 Å². The molecule has 3 rings (SSSR count). The van der Waals surface area contributed by atoms with Crippen LogP contribution in [0.5, 0.6) is 5.75 Å². The van der Waals surface area contributed by atoms with Crippen LogP contribution in [0.2, 0.25) is 5.02 Å². The summed E-state index contributed by atoms with van der Waals surface area (Å²) >= 11 is 6.10. The monoisotopic (exact) mass is 415 g/mol. The summed E-state index contributed by atoms with van der Waals surface area (Å²) in [7, 11) is 1.64. The molecule has 1 aliphatic rings. The van der Waals surface area contributed by atoms with Gasteiger partial charge in [0.05, 0.1) is 24.4 Å². The molecule has 0 aromatic heterocycles. The quantitative estimate of drug-likeness (QED) is 0.703. The van der Waals surface area contributed by atoms with Gasteiger partial charge in [0.25, 0.3) is 0 Å². The molecule has 0 aliphatic carbocycles. The molecule has 0 radical (unpaired) electrons. The maximum absolute atomic E-state index is 12.3. The Morgan fingerprint density at radius 2 is 1.76 bits per heavy atom. The smallest absolute Gasteiger partial charge is 0.238 e. The molecule has 1 aliphatic heterocycles. The van der Waals surface area contributed by atoms with Crippen LogP contribution in [-0.4, -0.2) is 61.3 Å². The molecule has 1 N–H and O–H groups in total. The average molecular weight is 416 g/mol. The minimum Gasteiger partial charge on any atom is -0.496 e. The minimum absolute atomic E-state index is 0.0447. The lowest BCUT2D eigenvalue weighted by molar-refractivity contribution is -0.117. The zero-order valence-electron chi connectivity index (χ0n) is 16.8. The third-order valence-electron chi connectivity index (χ3n) is 5.06. The van der Waals surface area contributed by atoms with Crippen LogP contribution < -0.4 is 10.1 Å². The predicted molar refractivity (Wildman–Crippen MR) is 115 cm³/mol. The number of para-hydroxylation sites is 1. The third-order valence-corrected chi connectivity index (χ3v) is 5.39. The summed E-state index contributed by atoms with van der Waals surface area (Å²) in [6, 6.07) is 12.8. The van der Waals surface area contributed by atoms with E-state index in [0.29, 0.717) is 29.4 Å². The number of carbonyl (C=O) groups excluding carboxylic acids is 2. The zero-order valence-corrected chi connectivity index (χ0v) is 17.5. The number of anilines is 1. The summed E-state index contributed by atoms with van der Waals surface area (Å²) in [5, 5.41) is 3.40. The van der Waals surface area contributed by atoms with Crippen molar-refractivity contribution < 1.29 is 14.3 Å². The third kappa shape index (κ3) is 5.79. The van der Waals surface area contributed by atoms with E-state index >= 15 is 0 Å². The molecule has 1 saturated heterocycles. The molecule has 6 nitrogen and oxygen atoms in total. The van der Waals surface area contributed by atoms with Crippen LogP contribution in [0.3, 0.4) is 0 Å². The summed E-state index contributed by atoms with van der Waals surface area (Å²) < 4.78 is 5.45. The molecular formula is C22H26ClN3O3. The van der Waals surface area contributed by atoms with Crippen LogP contribution in [0, 0.1) is 0 Å². The van der Waals surface area contributed by atoms with Crippen molar-refractivity contribution in [1.29, 1.82) is 0 Å². The second-order valence-electron chi connectivity index (χ2n) is 7.16. The molecule has 0 bridgehead atoms. The van der Waals surface area contributed by atoms with E-state index in [1.54, 1.807) is 32.2 Å². The number of piperazine rings is 1. The van der Waals surface area contributed by atoms with Crippen LogP contribution in [0.25, 0.3) is 0 Å². The first-order valence-corrected chi connectivity index (χ1v) is 10.0. The second kappa shape index (κ2) is 9.87. The summed E-state index contributed by atoms with van der Waals surface area (Å²) in [5.74, 6) is 0.766. The van der Waals surface area contributed by atoms with Crippen molar-refractivity contribution in [3.8, 4) is 5.75 Å². The van der Waals surface area contributed by atoms with Crippen LogP contribution in [-0.2, 0) is 11.3 Å². The van der Waals surface area contributed by atoms with Gasteiger partial charge in [0.1, 0.15) is 5.75 Å². The molecular weight excluding hydrogens is 390 g/mol. The standard InChI is InChI=1S/C22H26ClN3O3/c1-16(27)17-7-8-21(29-2)18(13-17)14-25-9-11-26(12-10-25)15-22(28)24-20-6-4-3-5-19(20)23/h3-8,13H,9-12,14-15H2,1-2H3,(H,24,28). The van der Waals surface area contributed by atoms with Crippen LogP contribution in [0.15, 0.2) is 42.5 Å². The Labute approximate surface area is 176 Å². The van der Waals surface area contributed by atoms with Gasteiger partial charge in [-0.1, -0.05) is 23.7 Å². The SMILES string of the molecule is COc1ccc(C(C)=O)cc1CN1CCN(CC(=O)Nc2ccccc2Cl)CC1. The van der Waals surface area contributed by atoms with Gasteiger partial charge < -0.3 is 10.1 Å². The number of ether oxygens (including phenoxy) is 1. The minimum atomic E-state index is -0.0672. The fourth-order valence-electron chi connectivity index (χ4n) is 3.42. The first-order valence-electron chi connectivity index (χ1n) is 9.63. The number of nitrogens with zero attached hydrogens (tertiary/aromatic N) is 2. The first-order chi connectivity index (χ1) is 14.0. The molecule has 1 amide bonds. The van der Waals surface area contributed by atoms with Crippen molar-refractivity contribution in [2.45, 2.75) is 13.5 Å². The van der Waals surface area contributed by atoms with Crippen molar-refractivity contribution in [3.05, 3.63) is 58.6 Å². The molecule has 7 heteroatoms. The Bertz CT molecular complexity index is 879. The molecule has 2 aromatic carbocycles. The average Bonchev–Trinajstić information content (AvgIpc) is 2.71. The van der Waals surface area contributed by atoms with Crippen molar-refractivity contribution in [2.75, 3.05) is 45.2 Å². The van der Waals surface area contributed by atoms with E-state index < -0.39 is 0 Å². The molecule has 1 heterocycles. The second-order valence-corrected chi connectivity index (χ2v) is 7.57. The normalized spacial score (nSPS) is 15.1. The van der Waals surface area contributed by atoms with Gasteiger partial charge in [0.2, 0.25) is 5.91 Å². The summed E-state index contributed by atoms with van der Waals surface area (Å²) in [5.41, 5.74) is 2.33. The molecule has 0 unspecified atom stereocenters. The van der Waals surface area contributed by atoms with Crippen LogP contribution in [0.4, 0.5) is 5.69 Å². The lowest BCUT2D eigenvalue weighted by atomic mass is 10.1. The number of nitrogens with one attached hydrogen (secondary N) is 1. The van der Waals surface area contributed by atoms with Gasteiger partial charge in [-0.3, -0.25) is 19.4 Å². The Hall–Kier alpha value is -2.41. The fraction of sp³-hybridized carbons (Fsp3) is 0.364. The molecule has 2 aromatic rings. The van der Waals surface area contributed by atoms with Gasteiger partial charge in [-0.2, -0.15) is 0 Å². The van der Waals surface area contributed by atoms with Gasteiger partial charge in [-0.25, -0.2) is 0 Å². The van der Waals surface area contributed by atoms with Crippen molar-refractivity contribution >= 4 is 29.0 Å². The Morgan fingerprint density at radius 3 is 2.41 bits per heavy atom. The van der Waals surface area contributed by atoms with Gasteiger partial charge in [0, 0.05) is 43.9 Å². The predicted octanol–water partition coefficient (Wildman–Crippen LogP) is 3.31. The van der Waals surface area contributed by atoms with Gasteiger partial charge in [-0.15, -0.1) is 0 Å². The number of carbonyl (C=O) groups is 2. The molecule has 29 heavy (non-hydrogen) atoms. The molecule has 0 atom stereocenters. The van der Waals surface area contributed by atoms with E-state index in [2.05, 4.69) is 15.1 Å². The number of ketones is 1. The highest BCUT2D eigenvalue weighted by atomic mass is 35.5. The zero-order chi connectivity index (χ0) is 20.8. The Balaban J connectivity index is 1.52. The van der Waals surface area contributed by atoms with Gasteiger partial charge in [-0.05, 0) is 37.3 Å². The maximum Gasteiger partial charge on any atom is 0.238 e. The van der Waals surface area contributed by atoms with Crippen molar-refractivity contribution in [1.82, 2.24) is 9.80 Å². The van der Waals surface area contributed by atoms with Crippen LogP contribution >= 0.6 is 11.6 Å². The van der Waals surface area contributed by atoms with Crippen molar-refractivity contribution in [2.24, 2.45) is 0 Å². The van der Waals surface area contributed by atoms with Gasteiger partial charge in [0.15, 0.2) is 5.78 Å². The van der Waals surface area contributed by atoms with Gasteiger partial charge >= 0.3 is 0 Å². The molecule has 0 spiro atoms. The van der Waals surface area contributed by atoms with E-state index in [0.717, 1.165) is 37.5 Å². The van der Waals surface area contributed by atoms with E-state index in [1.165, 1.54) is 0 Å². The van der Waals surface area contributed by atoms with E-state index in [-0.39, 0.29) is 11.7 Å². The lowest BCUT2D eigenvalue weighted by Crippen LogP contribution is -2.48. The van der Waals surface area contributed by atoms with Crippen molar-refractivity contribution in [3.63, 3.8) is 0 Å². The molecule has 154 valence electrons. The summed E-state index contributed by atoms with van der Waals surface area (Å²) in [4.78, 5) is 28.4. The highest BCUT2D eigenvalue weighted by Gasteiger charge is 2.20. The topological polar surface area (TPSA) is 61.9 Å². The van der Waals surface area contributed by atoms with E-state index in [4.69, 9.17) is 16.3 Å². The highest BCUT2D eigenvalue weighted by Crippen LogP contribution is 2.23. The number of hydrogen-bond donors (Lipinski definition) is 1. The number of methoxy groups -OCH3 is 1. The van der Waals surface area contributed by atoms with Crippen LogP contribution in [0.1, 0.15) is 22.8 Å². The largest absolute Gasteiger partial charge is 0.496 e. The number of hydrogen-bond acceptors (Lipinski definition) is 5. The highest BCUT2D eigenvalue weighted by molar-refractivity contribution is 6.33. The number of benzene rings is 2. The Morgan fingerprint density at radius 1 is 1.07 bits per heavy atom. The summed E-state index contributed by atoms with van der Waals surface area (Å²) in [6.07, 6.45) is 0. The number of Topliss-reactive ketones (excluding diaryl/α,β-unsaturated/α-hetero) is 1. The number of halogens is 1. The maximum atomic E-state index is 12.3. The fourth-order valence-corrected chi connectivity index (χ4v) is 3.61.